The molecule has 0 spiro atoms. The number of carbonyl (C=O) groups excluding carboxylic acids is 1. The van der Waals surface area contributed by atoms with Crippen molar-refractivity contribution in [3.63, 3.8) is 0 Å². The van der Waals surface area contributed by atoms with Gasteiger partial charge in [0.25, 0.3) is 0 Å². The van der Waals surface area contributed by atoms with E-state index in [1.165, 1.54) is 64.2 Å². The summed E-state index contributed by atoms with van der Waals surface area (Å²) in [5.74, 6) is -0.145. The second-order valence-corrected chi connectivity index (χ2v) is 12.9. The highest BCUT2D eigenvalue weighted by molar-refractivity contribution is 5.90. The maximum absolute atomic E-state index is 11.6. The van der Waals surface area contributed by atoms with Crippen molar-refractivity contribution < 1.29 is 29.6 Å². The number of hydrogen-bond donors (Lipinski definition) is 3. The normalized spacial score (nSPS) is 23.0. The number of esters is 1. The third kappa shape index (κ3) is 16.5. The Hall–Kier alpha value is -0.950. The molecule has 0 saturated carbocycles. The van der Waals surface area contributed by atoms with Gasteiger partial charge in [0.05, 0.1) is 30.5 Å². The van der Waals surface area contributed by atoms with Crippen LogP contribution in [0.1, 0.15) is 168 Å². The first-order chi connectivity index (χ1) is 19.9. The summed E-state index contributed by atoms with van der Waals surface area (Å²) in [7, 11) is 0. The minimum atomic E-state index is -0.770. The van der Waals surface area contributed by atoms with Gasteiger partial charge in [-0.25, -0.2) is 4.79 Å². The summed E-state index contributed by atoms with van der Waals surface area (Å²) in [6.07, 6.45) is 26.2. The van der Waals surface area contributed by atoms with Crippen molar-refractivity contribution in [2.45, 2.75) is 205 Å². The van der Waals surface area contributed by atoms with Gasteiger partial charge in [-0.15, -0.1) is 0 Å². The van der Waals surface area contributed by atoms with Crippen molar-refractivity contribution >= 4 is 5.97 Å². The zero-order valence-corrected chi connectivity index (χ0v) is 26.6. The second kappa shape index (κ2) is 22.6. The van der Waals surface area contributed by atoms with Crippen LogP contribution in [0.25, 0.3) is 0 Å². The monoisotopic (exact) mass is 580 g/mol. The van der Waals surface area contributed by atoms with Crippen LogP contribution < -0.4 is 0 Å². The molecule has 0 aromatic carbocycles. The van der Waals surface area contributed by atoms with E-state index in [0.717, 1.165) is 76.2 Å². The molecule has 6 heteroatoms. The molecule has 2 rings (SSSR count). The second-order valence-electron chi connectivity index (χ2n) is 12.9. The van der Waals surface area contributed by atoms with Crippen molar-refractivity contribution in [3.8, 4) is 0 Å². The number of aliphatic hydroxyl groups excluding tert-OH is 3. The third-order valence-corrected chi connectivity index (χ3v) is 9.09. The molecule has 41 heavy (non-hydrogen) atoms. The van der Waals surface area contributed by atoms with Gasteiger partial charge in [0.2, 0.25) is 0 Å². The van der Waals surface area contributed by atoms with Crippen molar-refractivity contribution in [2.24, 2.45) is 0 Å². The third-order valence-electron chi connectivity index (χ3n) is 9.09. The zero-order valence-electron chi connectivity index (χ0n) is 26.6. The van der Waals surface area contributed by atoms with Gasteiger partial charge in [-0.3, -0.25) is 0 Å². The van der Waals surface area contributed by atoms with E-state index in [-0.39, 0.29) is 24.3 Å². The maximum Gasteiger partial charge on any atom is 0.334 e. The van der Waals surface area contributed by atoms with Crippen LogP contribution in [0.2, 0.25) is 0 Å². The molecule has 2 aliphatic heterocycles. The first-order valence-electron chi connectivity index (χ1n) is 17.5. The van der Waals surface area contributed by atoms with Crippen LogP contribution in [0.15, 0.2) is 11.6 Å². The van der Waals surface area contributed by atoms with Crippen LogP contribution in [0.4, 0.5) is 0 Å². The average Bonchev–Trinajstić information content (AvgIpc) is 3.56. The molecule has 0 radical (unpaired) electrons. The van der Waals surface area contributed by atoms with E-state index in [4.69, 9.17) is 9.47 Å². The zero-order chi connectivity index (χ0) is 29.7. The first-order valence-corrected chi connectivity index (χ1v) is 17.5. The SMILES string of the molecule is CCCCCCCCCCCCCC[C@H](O)[C@@H](O)CC[C@H](O)[C@H]1CC[C@H](CCCCCCCC2=C[C@H](C)OC2=O)O1. The highest BCUT2D eigenvalue weighted by atomic mass is 16.5. The minimum Gasteiger partial charge on any atom is -0.455 e. The molecule has 0 aromatic heterocycles. The Kier molecular flexibility index (Phi) is 20.0. The number of aliphatic hydroxyl groups is 3. The van der Waals surface area contributed by atoms with E-state index in [9.17, 15) is 20.1 Å². The molecule has 0 bridgehead atoms. The van der Waals surface area contributed by atoms with Crippen molar-refractivity contribution in [1.29, 1.82) is 0 Å². The molecule has 2 heterocycles. The summed E-state index contributed by atoms with van der Waals surface area (Å²) in [5, 5.41) is 31.4. The molecule has 0 aliphatic carbocycles. The molecule has 6 atom stereocenters. The van der Waals surface area contributed by atoms with Crippen LogP contribution in [0.5, 0.6) is 0 Å². The van der Waals surface area contributed by atoms with Gasteiger partial charge < -0.3 is 24.8 Å². The van der Waals surface area contributed by atoms with E-state index in [2.05, 4.69) is 6.92 Å². The molecular formula is C35H64O6. The highest BCUT2D eigenvalue weighted by Crippen LogP contribution is 2.28. The lowest BCUT2D eigenvalue weighted by molar-refractivity contribution is -0.139. The minimum absolute atomic E-state index is 0.0724. The summed E-state index contributed by atoms with van der Waals surface area (Å²) in [4.78, 5) is 11.6. The predicted octanol–water partition coefficient (Wildman–Crippen LogP) is 8.09. The Balaban J connectivity index is 1.40. The van der Waals surface area contributed by atoms with Gasteiger partial charge in [0.15, 0.2) is 0 Å². The Morgan fingerprint density at radius 1 is 0.732 bits per heavy atom. The number of cyclic esters (lactones) is 1. The molecule has 1 fully saturated rings. The summed E-state index contributed by atoms with van der Waals surface area (Å²) in [5.41, 5.74) is 0.836. The van der Waals surface area contributed by atoms with E-state index in [1.54, 1.807) is 0 Å². The standard InChI is InChI=1S/C35H64O6/c1-3-4-5-6-7-8-9-10-11-12-16-19-22-31(36)32(37)24-25-33(38)34-26-23-30(41-34)21-18-15-13-14-17-20-29-27-28(2)40-35(29)39/h27-28,30-34,36-38H,3-26H2,1-2H3/t28-,30-,31-,32-,33-,34+/m0/s1. The average molecular weight is 581 g/mol. The Morgan fingerprint density at radius 3 is 1.90 bits per heavy atom. The van der Waals surface area contributed by atoms with E-state index < -0.39 is 18.3 Å². The molecule has 3 N–H and O–H groups in total. The van der Waals surface area contributed by atoms with Crippen molar-refractivity contribution in [2.75, 3.05) is 0 Å². The fourth-order valence-corrected chi connectivity index (χ4v) is 6.37. The molecule has 1 saturated heterocycles. The van der Waals surface area contributed by atoms with Crippen LogP contribution in [-0.4, -0.2) is 57.9 Å². The molecule has 6 nitrogen and oxygen atoms in total. The van der Waals surface area contributed by atoms with Crippen molar-refractivity contribution in [3.05, 3.63) is 11.6 Å². The Bertz CT molecular complexity index is 694. The molecule has 0 unspecified atom stereocenters. The number of unbranched alkanes of at least 4 members (excludes halogenated alkanes) is 15. The van der Waals surface area contributed by atoms with Crippen LogP contribution >= 0.6 is 0 Å². The molecule has 0 amide bonds. The van der Waals surface area contributed by atoms with Crippen LogP contribution in [0, 0.1) is 0 Å². The van der Waals surface area contributed by atoms with Crippen LogP contribution in [-0.2, 0) is 14.3 Å². The lowest BCUT2D eigenvalue weighted by Gasteiger charge is -2.22. The molecule has 240 valence electrons. The lowest BCUT2D eigenvalue weighted by Crippen LogP contribution is -2.31. The Morgan fingerprint density at radius 2 is 1.29 bits per heavy atom. The van der Waals surface area contributed by atoms with E-state index >= 15 is 0 Å². The summed E-state index contributed by atoms with van der Waals surface area (Å²) >= 11 is 0. The van der Waals surface area contributed by atoms with Gasteiger partial charge in [-0.2, -0.15) is 0 Å². The van der Waals surface area contributed by atoms with E-state index in [1.807, 2.05) is 13.0 Å². The summed E-state index contributed by atoms with van der Waals surface area (Å²) in [6, 6.07) is 0. The van der Waals surface area contributed by atoms with Crippen molar-refractivity contribution in [1.82, 2.24) is 0 Å². The first kappa shape index (κ1) is 36.2. The van der Waals surface area contributed by atoms with Gasteiger partial charge in [0, 0.05) is 5.57 Å². The highest BCUT2D eigenvalue weighted by Gasteiger charge is 2.31. The topological polar surface area (TPSA) is 96.2 Å². The smallest absolute Gasteiger partial charge is 0.334 e. The van der Waals surface area contributed by atoms with E-state index in [0.29, 0.717) is 19.3 Å². The van der Waals surface area contributed by atoms with Gasteiger partial charge in [-0.1, -0.05) is 110 Å². The summed E-state index contributed by atoms with van der Waals surface area (Å²) < 4.78 is 11.3. The van der Waals surface area contributed by atoms with Crippen LogP contribution in [0.3, 0.4) is 0 Å². The van der Waals surface area contributed by atoms with Gasteiger partial charge in [-0.05, 0) is 64.4 Å². The summed E-state index contributed by atoms with van der Waals surface area (Å²) in [6.45, 7) is 4.16. The molecule has 0 aromatic rings. The largest absolute Gasteiger partial charge is 0.455 e. The molecule has 2 aliphatic rings. The number of ether oxygens (including phenoxy) is 2. The van der Waals surface area contributed by atoms with Gasteiger partial charge >= 0.3 is 5.97 Å². The lowest BCUT2D eigenvalue weighted by atomic mass is 9.97. The Labute approximate surface area is 251 Å². The predicted molar refractivity (Wildman–Crippen MR) is 167 cm³/mol. The fraction of sp³-hybridized carbons (Fsp3) is 0.914. The fourth-order valence-electron chi connectivity index (χ4n) is 6.37. The number of hydrogen-bond acceptors (Lipinski definition) is 6. The quantitative estimate of drug-likeness (QED) is 0.0707. The number of rotatable bonds is 26. The molecular weight excluding hydrogens is 516 g/mol. The maximum atomic E-state index is 11.6. The van der Waals surface area contributed by atoms with Gasteiger partial charge in [0.1, 0.15) is 6.10 Å². The number of carbonyl (C=O) groups is 1.